The third-order valence-corrected chi connectivity index (χ3v) is 3.80. The summed E-state index contributed by atoms with van der Waals surface area (Å²) >= 11 is 3.17. The molecule has 0 aliphatic carbocycles. The molecule has 1 heterocycles. The standard InChI is InChI=1S/C12H16BrFN2O/c13-9-4-12(11(15)5-10(9)14)16-3-1-2-8(6-16)7-17/h4-5,8,17H,1-3,6-7,15H2. The van der Waals surface area contributed by atoms with Crippen LogP contribution in [-0.4, -0.2) is 24.8 Å². The van der Waals surface area contributed by atoms with Crippen molar-refractivity contribution in [3.05, 3.63) is 22.4 Å². The van der Waals surface area contributed by atoms with E-state index in [2.05, 4.69) is 20.8 Å². The molecule has 1 aliphatic heterocycles. The van der Waals surface area contributed by atoms with E-state index in [4.69, 9.17) is 5.73 Å². The Kier molecular flexibility index (Phi) is 3.89. The van der Waals surface area contributed by atoms with Crippen molar-refractivity contribution >= 4 is 27.3 Å². The van der Waals surface area contributed by atoms with Crippen molar-refractivity contribution in [2.75, 3.05) is 30.3 Å². The summed E-state index contributed by atoms with van der Waals surface area (Å²) in [5.74, 6) is -0.0612. The normalized spacial score (nSPS) is 20.6. The molecule has 0 saturated carbocycles. The van der Waals surface area contributed by atoms with Crippen LogP contribution in [0.15, 0.2) is 16.6 Å². The van der Waals surface area contributed by atoms with Crippen LogP contribution >= 0.6 is 15.9 Å². The van der Waals surface area contributed by atoms with Crippen LogP contribution in [-0.2, 0) is 0 Å². The number of nitrogens with zero attached hydrogens (tertiary/aromatic N) is 1. The molecule has 0 radical (unpaired) electrons. The maximum Gasteiger partial charge on any atom is 0.139 e. The van der Waals surface area contributed by atoms with E-state index in [1.54, 1.807) is 6.07 Å². The zero-order valence-corrected chi connectivity index (χ0v) is 11.1. The van der Waals surface area contributed by atoms with Crippen molar-refractivity contribution in [2.24, 2.45) is 5.92 Å². The summed E-state index contributed by atoms with van der Waals surface area (Å²) in [6.07, 6.45) is 2.06. The number of anilines is 2. The maximum atomic E-state index is 13.3. The highest BCUT2D eigenvalue weighted by atomic mass is 79.9. The van der Waals surface area contributed by atoms with Crippen molar-refractivity contribution in [3.8, 4) is 0 Å². The zero-order valence-electron chi connectivity index (χ0n) is 9.50. The van der Waals surface area contributed by atoms with Gasteiger partial charge in [-0.25, -0.2) is 4.39 Å². The number of rotatable bonds is 2. The number of halogens is 2. The molecular weight excluding hydrogens is 287 g/mol. The molecular formula is C12H16BrFN2O. The summed E-state index contributed by atoms with van der Waals surface area (Å²) < 4.78 is 13.7. The van der Waals surface area contributed by atoms with Crippen LogP contribution in [0.4, 0.5) is 15.8 Å². The summed E-state index contributed by atoms with van der Waals surface area (Å²) in [4.78, 5) is 2.11. The van der Waals surface area contributed by atoms with Gasteiger partial charge in [0, 0.05) is 25.8 Å². The minimum Gasteiger partial charge on any atom is -0.397 e. The lowest BCUT2D eigenvalue weighted by Gasteiger charge is -2.34. The van der Waals surface area contributed by atoms with Gasteiger partial charge in [0.05, 0.1) is 15.8 Å². The molecule has 0 spiro atoms. The fraction of sp³-hybridized carbons (Fsp3) is 0.500. The molecule has 1 aromatic carbocycles. The molecule has 5 heteroatoms. The van der Waals surface area contributed by atoms with Crippen LogP contribution in [0.2, 0.25) is 0 Å². The average molecular weight is 303 g/mol. The van der Waals surface area contributed by atoms with Crippen molar-refractivity contribution < 1.29 is 9.50 Å². The Hall–Kier alpha value is -0.810. The Bertz CT molecular complexity index is 414. The molecule has 17 heavy (non-hydrogen) atoms. The van der Waals surface area contributed by atoms with Gasteiger partial charge in [-0.15, -0.1) is 0 Å². The molecule has 1 aromatic rings. The lowest BCUT2D eigenvalue weighted by Crippen LogP contribution is -2.37. The van der Waals surface area contributed by atoms with E-state index in [-0.39, 0.29) is 18.3 Å². The van der Waals surface area contributed by atoms with Gasteiger partial charge in [0.2, 0.25) is 0 Å². The number of piperidine rings is 1. The van der Waals surface area contributed by atoms with Crippen LogP contribution in [0.1, 0.15) is 12.8 Å². The first-order valence-electron chi connectivity index (χ1n) is 5.72. The number of benzene rings is 1. The molecule has 3 nitrogen and oxygen atoms in total. The van der Waals surface area contributed by atoms with Gasteiger partial charge in [0.25, 0.3) is 0 Å². The second-order valence-electron chi connectivity index (χ2n) is 4.46. The number of aliphatic hydroxyl groups is 1. The number of nitrogens with two attached hydrogens (primary N) is 1. The van der Waals surface area contributed by atoms with Gasteiger partial charge in [-0.3, -0.25) is 0 Å². The van der Waals surface area contributed by atoms with E-state index in [1.165, 1.54) is 6.07 Å². The summed E-state index contributed by atoms with van der Waals surface area (Å²) in [7, 11) is 0. The molecule has 1 atom stereocenters. The van der Waals surface area contributed by atoms with Crippen molar-refractivity contribution in [1.29, 1.82) is 0 Å². The van der Waals surface area contributed by atoms with Crippen LogP contribution < -0.4 is 10.6 Å². The Morgan fingerprint density at radius 3 is 3.00 bits per heavy atom. The van der Waals surface area contributed by atoms with Gasteiger partial charge in [0.1, 0.15) is 5.82 Å². The SMILES string of the molecule is Nc1cc(F)c(Br)cc1N1CCCC(CO)C1. The summed E-state index contributed by atoms with van der Waals surface area (Å²) in [6.45, 7) is 1.87. The quantitative estimate of drug-likeness (QED) is 0.825. The second-order valence-corrected chi connectivity index (χ2v) is 5.32. The van der Waals surface area contributed by atoms with Gasteiger partial charge < -0.3 is 15.7 Å². The highest BCUT2D eigenvalue weighted by Gasteiger charge is 2.21. The monoisotopic (exact) mass is 302 g/mol. The van der Waals surface area contributed by atoms with Gasteiger partial charge in [-0.2, -0.15) is 0 Å². The number of hydrogen-bond donors (Lipinski definition) is 2. The highest BCUT2D eigenvalue weighted by Crippen LogP contribution is 2.32. The molecule has 94 valence electrons. The minimum atomic E-state index is -0.345. The van der Waals surface area contributed by atoms with E-state index in [0.29, 0.717) is 10.2 Å². The Morgan fingerprint density at radius 1 is 1.53 bits per heavy atom. The van der Waals surface area contributed by atoms with Gasteiger partial charge in [0.15, 0.2) is 0 Å². The van der Waals surface area contributed by atoms with Crippen LogP contribution in [0.5, 0.6) is 0 Å². The first kappa shape index (κ1) is 12.6. The molecule has 1 aliphatic rings. The molecule has 1 fully saturated rings. The van der Waals surface area contributed by atoms with Crippen molar-refractivity contribution in [1.82, 2.24) is 0 Å². The molecule has 1 unspecified atom stereocenters. The summed E-state index contributed by atoms with van der Waals surface area (Å²) in [5.41, 5.74) is 7.14. The lowest BCUT2D eigenvalue weighted by molar-refractivity contribution is 0.209. The smallest absolute Gasteiger partial charge is 0.139 e. The van der Waals surface area contributed by atoms with Gasteiger partial charge >= 0.3 is 0 Å². The molecule has 3 N–H and O–H groups in total. The van der Waals surface area contributed by atoms with Crippen LogP contribution in [0.25, 0.3) is 0 Å². The lowest BCUT2D eigenvalue weighted by atomic mass is 9.98. The van der Waals surface area contributed by atoms with Crippen molar-refractivity contribution in [2.45, 2.75) is 12.8 Å². The number of hydrogen-bond acceptors (Lipinski definition) is 3. The highest BCUT2D eigenvalue weighted by molar-refractivity contribution is 9.10. The van der Waals surface area contributed by atoms with Crippen molar-refractivity contribution in [3.63, 3.8) is 0 Å². The molecule has 2 rings (SSSR count). The Morgan fingerprint density at radius 2 is 2.29 bits per heavy atom. The largest absolute Gasteiger partial charge is 0.397 e. The van der Waals surface area contributed by atoms with E-state index >= 15 is 0 Å². The molecule has 0 bridgehead atoms. The van der Waals surface area contributed by atoms with Crippen LogP contribution in [0.3, 0.4) is 0 Å². The second kappa shape index (κ2) is 5.23. The predicted octanol–water partition coefficient (Wildman–Crippen LogP) is 2.38. The van der Waals surface area contributed by atoms with Gasteiger partial charge in [-0.05, 0) is 40.8 Å². The Balaban J connectivity index is 2.24. The first-order chi connectivity index (χ1) is 8.11. The van der Waals surface area contributed by atoms with E-state index in [1.807, 2.05) is 0 Å². The first-order valence-corrected chi connectivity index (χ1v) is 6.51. The molecule has 1 saturated heterocycles. The van der Waals surface area contributed by atoms with E-state index in [9.17, 15) is 9.50 Å². The molecule has 0 amide bonds. The third-order valence-electron chi connectivity index (χ3n) is 3.19. The van der Waals surface area contributed by atoms with E-state index in [0.717, 1.165) is 31.6 Å². The minimum absolute atomic E-state index is 0.193. The number of aliphatic hydroxyl groups excluding tert-OH is 1. The maximum absolute atomic E-state index is 13.3. The topological polar surface area (TPSA) is 49.5 Å². The van der Waals surface area contributed by atoms with E-state index < -0.39 is 0 Å². The Labute approximate surface area is 109 Å². The summed E-state index contributed by atoms with van der Waals surface area (Å²) in [6, 6.07) is 3.05. The number of nitrogen functional groups attached to an aromatic ring is 1. The summed E-state index contributed by atoms with van der Waals surface area (Å²) in [5, 5.41) is 9.20. The van der Waals surface area contributed by atoms with Gasteiger partial charge in [-0.1, -0.05) is 0 Å². The fourth-order valence-corrected chi connectivity index (χ4v) is 2.59. The third kappa shape index (κ3) is 2.72. The fourth-order valence-electron chi connectivity index (χ4n) is 2.26. The zero-order chi connectivity index (χ0) is 12.4. The average Bonchev–Trinajstić information content (AvgIpc) is 2.34. The predicted molar refractivity (Wildman–Crippen MR) is 70.5 cm³/mol. The van der Waals surface area contributed by atoms with Crippen LogP contribution in [0, 0.1) is 11.7 Å². The molecule has 0 aromatic heterocycles.